The molecule has 33 heavy (non-hydrogen) atoms. The van der Waals surface area contributed by atoms with Gasteiger partial charge in [0.15, 0.2) is 5.54 Å². The standard InChI is InChI=1S/C25H31N5O3/c1-16-14-17(2)20(26-15-16)29-10-12-30(13-11-29)21(31)18-6-8-19(9-7-18)25(24(3,4)5)22(32)27-23(33)28-25/h6-9,14-15H,10-13H2,1-5H3,(H2,27,28,32,33). The summed E-state index contributed by atoms with van der Waals surface area (Å²) in [6.07, 6.45) is 1.87. The number of piperazine rings is 1. The zero-order valence-corrected chi connectivity index (χ0v) is 19.9. The highest BCUT2D eigenvalue weighted by Crippen LogP contribution is 2.41. The van der Waals surface area contributed by atoms with E-state index in [1.165, 1.54) is 0 Å². The number of nitrogens with one attached hydrogen (secondary N) is 2. The molecule has 4 amide bonds. The molecule has 8 nitrogen and oxygen atoms in total. The van der Waals surface area contributed by atoms with Crippen molar-refractivity contribution in [3.63, 3.8) is 0 Å². The summed E-state index contributed by atoms with van der Waals surface area (Å²) in [5.41, 5.74) is 1.74. The van der Waals surface area contributed by atoms with Crippen LogP contribution in [0, 0.1) is 19.3 Å². The minimum Gasteiger partial charge on any atom is -0.353 e. The first kappa shape index (κ1) is 22.8. The molecule has 2 N–H and O–H groups in total. The Balaban J connectivity index is 1.48. The van der Waals surface area contributed by atoms with Gasteiger partial charge in [-0.3, -0.25) is 14.9 Å². The number of rotatable bonds is 3. The second kappa shape index (κ2) is 8.17. The second-order valence-corrected chi connectivity index (χ2v) is 9.92. The molecule has 2 aliphatic rings. The number of pyridine rings is 1. The smallest absolute Gasteiger partial charge is 0.322 e. The first-order valence-electron chi connectivity index (χ1n) is 11.2. The van der Waals surface area contributed by atoms with Crippen LogP contribution in [0.3, 0.4) is 0 Å². The van der Waals surface area contributed by atoms with Gasteiger partial charge in [0, 0.05) is 37.9 Å². The number of imide groups is 1. The van der Waals surface area contributed by atoms with E-state index in [0.717, 1.165) is 30.0 Å². The lowest BCUT2D eigenvalue weighted by Crippen LogP contribution is -2.53. The van der Waals surface area contributed by atoms with Crippen molar-refractivity contribution in [2.24, 2.45) is 5.41 Å². The molecule has 4 rings (SSSR count). The Labute approximate surface area is 194 Å². The van der Waals surface area contributed by atoms with Gasteiger partial charge in [-0.15, -0.1) is 0 Å². The van der Waals surface area contributed by atoms with Gasteiger partial charge in [-0.05, 0) is 48.1 Å². The average Bonchev–Trinajstić information content (AvgIpc) is 3.08. The van der Waals surface area contributed by atoms with Crippen LogP contribution in [0.1, 0.15) is 47.8 Å². The Kier molecular flexibility index (Phi) is 5.64. The number of benzene rings is 1. The number of amides is 4. The molecule has 2 saturated heterocycles. The maximum absolute atomic E-state index is 13.1. The molecule has 2 aliphatic heterocycles. The maximum atomic E-state index is 13.1. The van der Waals surface area contributed by atoms with Gasteiger partial charge >= 0.3 is 6.03 Å². The predicted molar refractivity (Wildman–Crippen MR) is 126 cm³/mol. The monoisotopic (exact) mass is 449 g/mol. The van der Waals surface area contributed by atoms with E-state index in [2.05, 4.69) is 33.5 Å². The third-order valence-electron chi connectivity index (χ3n) is 6.61. The van der Waals surface area contributed by atoms with E-state index >= 15 is 0 Å². The predicted octanol–water partition coefficient (Wildman–Crippen LogP) is 2.74. The second-order valence-electron chi connectivity index (χ2n) is 9.92. The first-order valence-corrected chi connectivity index (χ1v) is 11.2. The molecular weight excluding hydrogens is 418 g/mol. The Morgan fingerprint density at radius 1 is 1.03 bits per heavy atom. The highest BCUT2D eigenvalue weighted by atomic mass is 16.2. The van der Waals surface area contributed by atoms with Crippen LogP contribution in [-0.4, -0.2) is 53.9 Å². The largest absolute Gasteiger partial charge is 0.353 e. The maximum Gasteiger partial charge on any atom is 0.322 e. The number of anilines is 1. The number of hydrogen-bond acceptors (Lipinski definition) is 5. The van der Waals surface area contributed by atoms with Crippen LogP contribution in [0.2, 0.25) is 0 Å². The lowest BCUT2D eigenvalue weighted by molar-refractivity contribution is -0.128. The Bertz CT molecular complexity index is 1100. The molecule has 1 aromatic carbocycles. The lowest BCUT2D eigenvalue weighted by Gasteiger charge is -2.39. The summed E-state index contributed by atoms with van der Waals surface area (Å²) in [5.74, 6) is 0.552. The number of aromatic nitrogens is 1. The van der Waals surface area contributed by atoms with E-state index < -0.39 is 17.0 Å². The van der Waals surface area contributed by atoms with Crippen LogP contribution >= 0.6 is 0 Å². The summed E-state index contributed by atoms with van der Waals surface area (Å²) in [6, 6.07) is 8.62. The fourth-order valence-corrected chi connectivity index (χ4v) is 4.83. The lowest BCUT2D eigenvalue weighted by atomic mass is 9.69. The molecule has 174 valence electrons. The van der Waals surface area contributed by atoms with Gasteiger partial charge in [0.05, 0.1) is 0 Å². The van der Waals surface area contributed by atoms with Crippen LogP contribution in [0.4, 0.5) is 10.6 Å². The van der Waals surface area contributed by atoms with E-state index in [0.29, 0.717) is 24.2 Å². The summed E-state index contributed by atoms with van der Waals surface area (Å²) in [7, 11) is 0. The summed E-state index contributed by atoms with van der Waals surface area (Å²) in [5, 5.41) is 5.16. The number of carbonyl (C=O) groups excluding carboxylic acids is 3. The molecule has 8 heteroatoms. The molecule has 0 spiro atoms. The van der Waals surface area contributed by atoms with Gasteiger partial charge in [0.25, 0.3) is 11.8 Å². The molecule has 3 heterocycles. The highest BCUT2D eigenvalue weighted by Gasteiger charge is 2.55. The van der Waals surface area contributed by atoms with E-state index in [-0.39, 0.29) is 11.8 Å². The Morgan fingerprint density at radius 2 is 1.67 bits per heavy atom. The molecule has 2 fully saturated rings. The molecule has 0 radical (unpaired) electrons. The molecule has 1 unspecified atom stereocenters. The molecule has 2 aromatic rings. The molecule has 1 aromatic heterocycles. The summed E-state index contributed by atoms with van der Waals surface area (Å²) in [4.78, 5) is 46.4. The van der Waals surface area contributed by atoms with E-state index in [1.807, 2.05) is 38.8 Å². The summed E-state index contributed by atoms with van der Waals surface area (Å²) < 4.78 is 0. The quantitative estimate of drug-likeness (QED) is 0.703. The number of aryl methyl sites for hydroxylation is 2. The summed E-state index contributed by atoms with van der Waals surface area (Å²) in [6.45, 7) is 12.5. The van der Waals surface area contributed by atoms with E-state index in [9.17, 15) is 14.4 Å². The van der Waals surface area contributed by atoms with Gasteiger partial charge in [0.1, 0.15) is 5.82 Å². The van der Waals surface area contributed by atoms with Crippen molar-refractivity contribution >= 4 is 23.7 Å². The molecule has 1 atom stereocenters. The van der Waals surface area contributed by atoms with Crippen molar-refractivity contribution in [2.75, 3.05) is 31.1 Å². The minimum absolute atomic E-state index is 0.0421. The van der Waals surface area contributed by atoms with Crippen molar-refractivity contribution in [2.45, 2.75) is 40.2 Å². The Morgan fingerprint density at radius 3 is 2.18 bits per heavy atom. The first-order chi connectivity index (χ1) is 15.5. The third kappa shape index (κ3) is 3.94. The minimum atomic E-state index is -1.18. The van der Waals surface area contributed by atoms with Crippen LogP contribution in [0.25, 0.3) is 0 Å². The highest BCUT2D eigenvalue weighted by molar-refractivity contribution is 6.08. The van der Waals surface area contributed by atoms with Crippen LogP contribution in [0.5, 0.6) is 0 Å². The average molecular weight is 450 g/mol. The van der Waals surface area contributed by atoms with Crippen LogP contribution in [-0.2, 0) is 10.3 Å². The molecule has 0 aliphatic carbocycles. The summed E-state index contributed by atoms with van der Waals surface area (Å²) >= 11 is 0. The molecule has 0 saturated carbocycles. The number of urea groups is 1. The normalized spacial score (nSPS) is 21.1. The molecular formula is C25H31N5O3. The fraction of sp³-hybridized carbons (Fsp3) is 0.440. The van der Waals surface area contributed by atoms with Gasteiger partial charge < -0.3 is 15.1 Å². The third-order valence-corrected chi connectivity index (χ3v) is 6.61. The van der Waals surface area contributed by atoms with Crippen molar-refractivity contribution in [3.05, 3.63) is 58.8 Å². The van der Waals surface area contributed by atoms with Gasteiger partial charge in [-0.25, -0.2) is 9.78 Å². The van der Waals surface area contributed by atoms with Crippen molar-refractivity contribution < 1.29 is 14.4 Å². The zero-order valence-electron chi connectivity index (χ0n) is 19.9. The van der Waals surface area contributed by atoms with Gasteiger partial charge in [0.2, 0.25) is 0 Å². The number of carbonyl (C=O) groups is 3. The topological polar surface area (TPSA) is 94.6 Å². The van der Waals surface area contributed by atoms with Crippen LogP contribution in [0.15, 0.2) is 36.5 Å². The van der Waals surface area contributed by atoms with E-state index in [4.69, 9.17) is 0 Å². The number of hydrogen-bond donors (Lipinski definition) is 2. The zero-order chi connectivity index (χ0) is 24.0. The van der Waals surface area contributed by atoms with Crippen molar-refractivity contribution in [1.82, 2.24) is 20.5 Å². The SMILES string of the molecule is Cc1cnc(N2CCN(C(=O)c3ccc(C4(C(C)(C)C)NC(=O)NC4=O)cc3)CC2)c(C)c1. The van der Waals surface area contributed by atoms with Crippen molar-refractivity contribution in [1.29, 1.82) is 0 Å². The van der Waals surface area contributed by atoms with Gasteiger partial charge in [-0.2, -0.15) is 0 Å². The van der Waals surface area contributed by atoms with Crippen LogP contribution < -0.4 is 15.5 Å². The fourth-order valence-electron chi connectivity index (χ4n) is 4.83. The Hall–Kier alpha value is -3.42. The van der Waals surface area contributed by atoms with Gasteiger partial charge in [-0.1, -0.05) is 39.0 Å². The molecule has 0 bridgehead atoms. The van der Waals surface area contributed by atoms with Crippen molar-refractivity contribution in [3.8, 4) is 0 Å². The number of nitrogens with zero attached hydrogens (tertiary/aromatic N) is 3. The van der Waals surface area contributed by atoms with E-state index in [1.54, 1.807) is 24.3 Å².